The fraction of sp³-hybridized carbons (Fsp3) is 0.611. The molecule has 2 bridgehead atoms. The van der Waals surface area contributed by atoms with E-state index < -0.39 is 5.92 Å². The molecule has 2 fully saturated rings. The van der Waals surface area contributed by atoms with E-state index in [0.29, 0.717) is 18.1 Å². The van der Waals surface area contributed by atoms with Crippen LogP contribution in [0.4, 0.5) is 0 Å². The van der Waals surface area contributed by atoms with Crippen LogP contribution in [-0.2, 0) is 9.53 Å². The molecule has 4 nitrogen and oxygen atoms in total. The van der Waals surface area contributed by atoms with E-state index in [1.54, 1.807) is 0 Å². The topological polar surface area (TPSA) is 46.5 Å². The van der Waals surface area contributed by atoms with E-state index in [9.17, 15) is 9.90 Å². The van der Waals surface area contributed by atoms with Crippen LogP contribution < -0.4 is 0 Å². The average molecular weight is 339 g/mol. The Bertz CT molecular complexity index is 536. The van der Waals surface area contributed by atoms with Crippen molar-refractivity contribution in [3.05, 3.63) is 35.9 Å². The minimum absolute atomic E-state index is 0.0489. The van der Waals surface area contributed by atoms with Crippen molar-refractivity contribution in [2.24, 2.45) is 0 Å². The maximum atomic E-state index is 12.5. The Labute approximate surface area is 142 Å². The zero-order valence-electron chi connectivity index (χ0n) is 13.5. The van der Waals surface area contributed by atoms with E-state index in [1.807, 2.05) is 30.3 Å². The maximum Gasteiger partial charge on any atom is 0.316 e. The highest BCUT2D eigenvalue weighted by Crippen LogP contribution is 2.42. The zero-order valence-corrected chi connectivity index (χ0v) is 14.3. The number of ether oxygens (including phenoxy) is 1. The van der Waals surface area contributed by atoms with Crippen LogP contribution in [0, 0.1) is 0 Å². The maximum absolute atomic E-state index is 12.5. The van der Waals surface area contributed by atoms with Crippen molar-refractivity contribution in [2.45, 2.75) is 49.8 Å². The van der Waals surface area contributed by atoms with Gasteiger partial charge in [-0.1, -0.05) is 41.9 Å². The number of halogens is 1. The lowest BCUT2D eigenvalue weighted by atomic mass is 9.96. The lowest BCUT2D eigenvalue weighted by Gasteiger charge is -2.45. The second-order valence-electron chi connectivity index (χ2n) is 7.03. The fourth-order valence-electron chi connectivity index (χ4n) is 4.23. The molecule has 5 heteroatoms. The molecule has 2 aliphatic heterocycles. The molecule has 2 saturated heterocycles. The Morgan fingerprint density at radius 2 is 1.91 bits per heavy atom. The van der Waals surface area contributed by atoms with Gasteiger partial charge >= 0.3 is 5.97 Å². The molecule has 2 aliphatic rings. The van der Waals surface area contributed by atoms with Gasteiger partial charge in [-0.3, -0.25) is 4.79 Å². The van der Waals surface area contributed by atoms with Gasteiger partial charge in [0.1, 0.15) is 12.0 Å². The number of rotatable bonds is 5. The van der Waals surface area contributed by atoms with Crippen LogP contribution in [-0.4, -0.2) is 53.4 Å². The van der Waals surface area contributed by atoms with E-state index in [2.05, 4.69) is 7.05 Å². The summed E-state index contributed by atoms with van der Waals surface area (Å²) < 4.78 is 6.67. The van der Waals surface area contributed by atoms with Gasteiger partial charge in [0, 0.05) is 25.7 Å². The first-order valence-corrected chi connectivity index (χ1v) is 8.89. The van der Waals surface area contributed by atoms with Crippen LogP contribution >= 0.6 is 11.6 Å². The summed E-state index contributed by atoms with van der Waals surface area (Å²) in [5, 5.41) is 9.60. The van der Waals surface area contributed by atoms with Crippen LogP contribution in [0.25, 0.3) is 0 Å². The molecule has 1 N–H and O–H groups in total. The highest BCUT2D eigenvalue weighted by Gasteiger charge is 2.52. The van der Waals surface area contributed by atoms with Crippen molar-refractivity contribution < 1.29 is 19.1 Å². The molecule has 5 atom stereocenters. The Hall–Kier alpha value is -1.10. The van der Waals surface area contributed by atoms with Crippen molar-refractivity contribution >= 4 is 17.6 Å². The lowest BCUT2D eigenvalue weighted by molar-refractivity contribution is -0.939. The molecule has 0 aliphatic carbocycles. The van der Waals surface area contributed by atoms with Crippen molar-refractivity contribution in [1.29, 1.82) is 0 Å². The first-order chi connectivity index (χ1) is 11.1. The summed E-state index contributed by atoms with van der Waals surface area (Å²) in [7, 11) is 2.22. The number of esters is 1. The summed E-state index contributed by atoms with van der Waals surface area (Å²) in [6, 6.07) is 10.9. The average Bonchev–Trinajstić information content (AvgIpc) is 2.74. The highest BCUT2D eigenvalue weighted by atomic mass is 35.5. The number of aliphatic hydroxyl groups is 1. The molecular weight excluding hydrogens is 314 g/mol. The molecule has 0 spiro atoms. The second kappa shape index (κ2) is 6.80. The van der Waals surface area contributed by atoms with Crippen molar-refractivity contribution in [1.82, 2.24) is 0 Å². The Morgan fingerprint density at radius 1 is 1.30 bits per heavy atom. The molecule has 1 aromatic rings. The van der Waals surface area contributed by atoms with Gasteiger partial charge in [0.2, 0.25) is 0 Å². The predicted octanol–water partition coefficient (Wildman–Crippen LogP) is 2.64. The number of carbonyl (C=O) groups is 1. The largest absolute Gasteiger partial charge is 0.461 e. The van der Waals surface area contributed by atoms with Crippen LogP contribution in [0.1, 0.15) is 37.2 Å². The molecule has 0 radical (unpaired) electrons. The highest BCUT2D eigenvalue weighted by molar-refractivity contribution is 6.17. The Kier molecular flexibility index (Phi) is 4.95. The SMILES string of the molecule is C[N+]1(CCl)[C@@H]2CC[C@H]1CC(OC(=O)[C@@H](CO)c1ccccc1)C2. The molecule has 2 unspecified atom stereocenters. The number of piperidine rings is 1. The molecule has 2 heterocycles. The van der Waals surface area contributed by atoms with E-state index in [1.165, 1.54) is 0 Å². The fourth-order valence-corrected chi connectivity index (χ4v) is 4.62. The third kappa shape index (κ3) is 3.12. The van der Waals surface area contributed by atoms with E-state index in [-0.39, 0.29) is 18.7 Å². The molecule has 23 heavy (non-hydrogen) atoms. The molecule has 0 aromatic heterocycles. The monoisotopic (exact) mass is 338 g/mol. The van der Waals surface area contributed by atoms with Gasteiger partial charge in [-0.2, -0.15) is 0 Å². The quantitative estimate of drug-likeness (QED) is 0.388. The third-order valence-electron chi connectivity index (χ3n) is 5.78. The zero-order chi connectivity index (χ0) is 16.4. The number of aliphatic hydroxyl groups excluding tert-OH is 1. The summed E-state index contributed by atoms with van der Waals surface area (Å²) in [5.74, 6) is -0.908. The van der Waals surface area contributed by atoms with Gasteiger partial charge in [-0.05, 0) is 5.56 Å². The van der Waals surface area contributed by atoms with Crippen molar-refractivity contribution in [2.75, 3.05) is 19.7 Å². The van der Waals surface area contributed by atoms with E-state index in [0.717, 1.165) is 35.7 Å². The number of benzene rings is 1. The molecular formula is C18H25ClNO3+. The number of hydrogen-bond acceptors (Lipinski definition) is 3. The molecule has 3 rings (SSSR count). The third-order valence-corrected chi connectivity index (χ3v) is 6.30. The normalized spacial score (nSPS) is 34.1. The van der Waals surface area contributed by atoms with Gasteiger partial charge in [0.15, 0.2) is 6.00 Å². The van der Waals surface area contributed by atoms with Crippen LogP contribution in [0.2, 0.25) is 0 Å². The number of hydrogen-bond donors (Lipinski definition) is 1. The van der Waals surface area contributed by atoms with Gasteiger partial charge in [-0.15, -0.1) is 0 Å². The van der Waals surface area contributed by atoms with Gasteiger partial charge in [0.25, 0.3) is 0 Å². The standard InChI is InChI=1S/C18H25ClNO3/c1-20(12-19)14-7-8-15(20)10-16(9-14)23-18(22)17(11-21)13-5-3-2-4-6-13/h2-6,14-17,21H,7-12H2,1H3/q+1/t14-,15+,16?,17-,20?/m0/s1. The minimum atomic E-state index is -0.593. The molecule has 0 saturated carbocycles. The van der Waals surface area contributed by atoms with Gasteiger partial charge in [0.05, 0.1) is 25.7 Å². The number of nitrogens with zero attached hydrogens (tertiary/aromatic N) is 1. The molecule has 1 aromatic carbocycles. The second-order valence-corrected chi connectivity index (χ2v) is 7.27. The Morgan fingerprint density at radius 3 is 2.43 bits per heavy atom. The first-order valence-electron chi connectivity index (χ1n) is 8.35. The summed E-state index contributed by atoms with van der Waals surface area (Å²) in [4.78, 5) is 12.5. The van der Waals surface area contributed by atoms with Gasteiger partial charge in [-0.25, -0.2) is 0 Å². The number of fused-ring (bicyclic) bond motifs is 2. The van der Waals surface area contributed by atoms with E-state index >= 15 is 0 Å². The summed E-state index contributed by atoms with van der Waals surface area (Å²) in [6.45, 7) is -0.224. The summed E-state index contributed by atoms with van der Waals surface area (Å²) >= 11 is 6.19. The molecule has 126 valence electrons. The number of quaternary nitrogens is 1. The smallest absolute Gasteiger partial charge is 0.316 e. The van der Waals surface area contributed by atoms with Crippen molar-refractivity contribution in [3.63, 3.8) is 0 Å². The number of alkyl halides is 1. The lowest BCUT2D eigenvalue weighted by Crippen LogP contribution is -2.58. The van der Waals surface area contributed by atoms with Crippen LogP contribution in [0.15, 0.2) is 30.3 Å². The van der Waals surface area contributed by atoms with Crippen molar-refractivity contribution in [3.8, 4) is 0 Å². The number of carbonyl (C=O) groups excluding carboxylic acids is 1. The van der Waals surface area contributed by atoms with E-state index in [4.69, 9.17) is 16.3 Å². The van der Waals surface area contributed by atoms with Crippen LogP contribution in [0.5, 0.6) is 0 Å². The van der Waals surface area contributed by atoms with Crippen LogP contribution in [0.3, 0.4) is 0 Å². The summed E-state index contributed by atoms with van der Waals surface area (Å²) in [6.07, 6.45) is 4.01. The van der Waals surface area contributed by atoms with Gasteiger partial charge < -0.3 is 14.3 Å². The summed E-state index contributed by atoms with van der Waals surface area (Å²) in [5.41, 5.74) is 0.806. The molecule has 0 amide bonds. The minimum Gasteiger partial charge on any atom is -0.461 e. The Balaban J connectivity index is 1.65. The predicted molar refractivity (Wildman–Crippen MR) is 89.1 cm³/mol. The first kappa shape index (κ1) is 16.7.